The highest BCUT2D eigenvalue weighted by Gasteiger charge is 2.19. The molecule has 0 fully saturated rings. The fraction of sp³-hybridized carbons (Fsp3) is 0.571. The number of hydrogen-bond donors (Lipinski definition) is 2. The van der Waals surface area contributed by atoms with E-state index >= 15 is 0 Å². The van der Waals surface area contributed by atoms with Crippen molar-refractivity contribution in [1.82, 2.24) is 10.6 Å². The molecule has 1 aromatic carbocycles. The van der Waals surface area contributed by atoms with Crippen molar-refractivity contribution in [2.24, 2.45) is 0 Å². The van der Waals surface area contributed by atoms with Crippen molar-refractivity contribution >= 4 is 0 Å². The number of ether oxygens (including phenoxy) is 2. The molecule has 0 radical (unpaired) electrons. The van der Waals surface area contributed by atoms with E-state index in [1.54, 1.807) is 0 Å². The van der Waals surface area contributed by atoms with Crippen LogP contribution in [0.2, 0.25) is 0 Å². The van der Waals surface area contributed by atoms with Gasteiger partial charge in [-0.2, -0.15) is 0 Å². The van der Waals surface area contributed by atoms with Gasteiger partial charge in [0.25, 0.3) is 0 Å². The third-order valence-electron chi connectivity index (χ3n) is 3.40. The molecule has 4 heteroatoms. The fourth-order valence-electron chi connectivity index (χ4n) is 2.37. The Kier molecular flexibility index (Phi) is 4.44. The van der Waals surface area contributed by atoms with E-state index in [1.165, 1.54) is 11.1 Å². The Labute approximate surface area is 109 Å². The largest absolute Gasteiger partial charge is 0.454 e. The summed E-state index contributed by atoms with van der Waals surface area (Å²) in [5, 5.41) is 6.57. The Balaban J connectivity index is 2.14. The maximum absolute atomic E-state index is 5.45. The summed E-state index contributed by atoms with van der Waals surface area (Å²) in [6, 6.07) is 4.55. The Morgan fingerprint density at radius 3 is 2.61 bits per heavy atom. The molecule has 0 aliphatic carbocycles. The molecule has 0 aromatic heterocycles. The van der Waals surface area contributed by atoms with E-state index in [4.69, 9.17) is 9.47 Å². The second-order valence-corrected chi connectivity index (χ2v) is 4.65. The molecule has 0 bridgehead atoms. The SMILES string of the molecule is CNCCCC(NC)c1cc2c(cc1C)OCO2. The molecule has 0 saturated carbocycles. The summed E-state index contributed by atoms with van der Waals surface area (Å²) in [7, 11) is 3.99. The van der Waals surface area contributed by atoms with Crippen molar-refractivity contribution in [2.45, 2.75) is 25.8 Å². The van der Waals surface area contributed by atoms with Gasteiger partial charge in [0.15, 0.2) is 11.5 Å². The van der Waals surface area contributed by atoms with Crippen LogP contribution in [0.1, 0.15) is 30.0 Å². The molecular formula is C14H22N2O2. The van der Waals surface area contributed by atoms with Crippen LogP contribution in [0.15, 0.2) is 12.1 Å². The minimum atomic E-state index is 0.336. The number of benzene rings is 1. The third-order valence-corrected chi connectivity index (χ3v) is 3.40. The molecule has 2 rings (SSSR count). The number of nitrogens with one attached hydrogen (secondary N) is 2. The van der Waals surface area contributed by atoms with E-state index in [9.17, 15) is 0 Å². The molecule has 1 aliphatic rings. The molecular weight excluding hydrogens is 228 g/mol. The van der Waals surface area contributed by atoms with Gasteiger partial charge in [0.1, 0.15) is 0 Å². The van der Waals surface area contributed by atoms with E-state index in [-0.39, 0.29) is 0 Å². The normalized spacial score (nSPS) is 14.8. The van der Waals surface area contributed by atoms with Gasteiger partial charge in [-0.1, -0.05) is 0 Å². The Hall–Kier alpha value is -1.26. The van der Waals surface area contributed by atoms with Crippen LogP contribution in [0.5, 0.6) is 11.5 Å². The van der Waals surface area contributed by atoms with E-state index in [0.717, 1.165) is 30.9 Å². The molecule has 1 aromatic rings. The summed E-state index contributed by atoms with van der Waals surface area (Å²) in [5.41, 5.74) is 2.56. The molecule has 1 heterocycles. The van der Waals surface area contributed by atoms with Crippen LogP contribution in [-0.2, 0) is 0 Å². The predicted molar refractivity (Wildman–Crippen MR) is 72.3 cm³/mol. The lowest BCUT2D eigenvalue weighted by Gasteiger charge is -2.19. The summed E-state index contributed by atoms with van der Waals surface area (Å²) >= 11 is 0. The van der Waals surface area contributed by atoms with Gasteiger partial charge in [-0.05, 0) is 63.7 Å². The molecule has 1 aliphatic heterocycles. The van der Waals surface area contributed by atoms with Crippen LogP contribution in [0.4, 0.5) is 0 Å². The van der Waals surface area contributed by atoms with Gasteiger partial charge in [-0.25, -0.2) is 0 Å². The van der Waals surface area contributed by atoms with E-state index in [1.807, 2.05) is 14.1 Å². The van der Waals surface area contributed by atoms with Gasteiger partial charge in [0.05, 0.1) is 0 Å². The van der Waals surface area contributed by atoms with E-state index < -0.39 is 0 Å². The average molecular weight is 250 g/mol. The summed E-state index contributed by atoms with van der Waals surface area (Å²) < 4.78 is 10.8. The lowest BCUT2D eigenvalue weighted by atomic mass is 9.97. The zero-order valence-corrected chi connectivity index (χ0v) is 11.4. The van der Waals surface area contributed by atoms with Gasteiger partial charge >= 0.3 is 0 Å². The van der Waals surface area contributed by atoms with Crippen LogP contribution in [0.25, 0.3) is 0 Å². The van der Waals surface area contributed by atoms with Crippen LogP contribution < -0.4 is 20.1 Å². The van der Waals surface area contributed by atoms with Gasteiger partial charge in [0.2, 0.25) is 6.79 Å². The molecule has 1 atom stereocenters. The van der Waals surface area contributed by atoms with Crippen molar-refractivity contribution in [3.8, 4) is 11.5 Å². The number of fused-ring (bicyclic) bond motifs is 1. The number of hydrogen-bond acceptors (Lipinski definition) is 4. The van der Waals surface area contributed by atoms with Gasteiger partial charge in [-0.3, -0.25) is 0 Å². The Morgan fingerprint density at radius 2 is 1.94 bits per heavy atom. The van der Waals surface area contributed by atoms with Crippen LogP contribution >= 0.6 is 0 Å². The second-order valence-electron chi connectivity index (χ2n) is 4.65. The first-order chi connectivity index (χ1) is 8.76. The zero-order chi connectivity index (χ0) is 13.0. The summed E-state index contributed by atoms with van der Waals surface area (Å²) in [4.78, 5) is 0. The highest BCUT2D eigenvalue weighted by atomic mass is 16.7. The first-order valence-corrected chi connectivity index (χ1v) is 6.48. The average Bonchev–Trinajstić information content (AvgIpc) is 2.81. The monoisotopic (exact) mass is 250 g/mol. The second kappa shape index (κ2) is 6.07. The van der Waals surface area contributed by atoms with Crippen molar-refractivity contribution in [3.63, 3.8) is 0 Å². The van der Waals surface area contributed by atoms with E-state index in [2.05, 4.69) is 29.7 Å². The molecule has 0 saturated heterocycles. The smallest absolute Gasteiger partial charge is 0.231 e. The molecule has 4 nitrogen and oxygen atoms in total. The molecule has 18 heavy (non-hydrogen) atoms. The van der Waals surface area contributed by atoms with Gasteiger partial charge < -0.3 is 20.1 Å². The van der Waals surface area contributed by atoms with Gasteiger partial charge in [-0.15, -0.1) is 0 Å². The Bertz CT molecular complexity index is 407. The quantitative estimate of drug-likeness (QED) is 0.758. The minimum Gasteiger partial charge on any atom is -0.454 e. The molecule has 2 N–H and O–H groups in total. The van der Waals surface area contributed by atoms with Crippen molar-refractivity contribution < 1.29 is 9.47 Å². The molecule has 1 unspecified atom stereocenters. The number of aryl methyl sites for hydroxylation is 1. The van der Waals surface area contributed by atoms with Crippen LogP contribution in [0.3, 0.4) is 0 Å². The number of rotatable bonds is 6. The molecule has 0 spiro atoms. The summed E-state index contributed by atoms with van der Waals surface area (Å²) in [6.45, 7) is 3.50. The topological polar surface area (TPSA) is 42.5 Å². The first-order valence-electron chi connectivity index (χ1n) is 6.48. The van der Waals surface area contributed by atoms with Crippen molar-refractivity contribution in [2.75, 3.05) is 27.4 Å². The standard InChI is InChI=1S/C14H22N2O2/c1-10-7-13-14(18-9-17-13)8-11(10)12(16-3)5-4-6-15-2/h7-8,12,15-16H,4-6,9H2,1-3H3. The molecule has 100 valence electrons. The first kappa shape index (κ1) is 13.2. The van der Waals surface area contributed by atoms with Crippen molar-refractivity contribution in [1.29, 1.82) is 0 Å². The molecule has 0 amide bonds. The maximum Gasteiger partial charge on any atom is 0.231 e. The van der Waals surface area contributed by atoms with E-state index in [0.29, 0.717) is 12.8 Å². The third kappa shape index (κ3) is 2.76. The lowest BCUT2D eigenvalue weighted by molar-refractivity contribution is 0.174. The van der Waals surface area contributed by atoms with Crippen LogP contribution in [0, 0.1) is 6.92 Å². The van der Waals surface area contributed by atoms with Gasteiger partial charge in [0, 0.05) is 6.04 Å². The fourth-order valence-corrected chi connectivity index (χ4v) is 2.37. The van der Waals surface area contributed by atoms with Crippen LogP contribution in [-0.4, -0.2) is 27.4 Å². The highest BCUT2D eigenvalue weighted by Crippen LogP contribution is 2.37. The maximum atomic E-state index is 5.45. The lowest BCUT2D eigenvalue weighted by Crippen LogP contribution is -2.19. The highest BCUT2D eigenvalue weighted by molar-refractivity contribution is 5.49. The zero-order valence-electron chi connectivity index (χ0n) is 11.4. The minimum absolute atomic E-state index is 0.336. The predicted octanol–water partition coefficient (Wildman–Crippen LogP) is 1.98. The summed E-state index contributed by atoms with van der Waals surface area (Å²) in [5.74, 6) is 1.73. The Morgan fingerprint density at radius 1 is 1.22 bits per heavy atom. The summed E-state index contributed by atoms with van der Waals surface area (Å²) in [6.07, 6.45) is 2.26. The van der Waals surface area contributed by atoms with Crippen molar-refractivity contribution in [3.05, 3.63) is 23.3 Å².